The third-order valence-electron chi connectivity index (χ3n) is 5.25. The Morgan fingerprint density at radius 2 is 1.74 bits per heavy atom. The Kier molecular flexibility index (Phi) is 3.66. The SMILES string of the molecule is CCN1CCc2ccccc2C1c1c(C)ccc2ccccc12. The third kappa shape index (κ3) is 2.36. The van der Waals surface area contributed by atoms with Gasteiger partial charge in [-0.25, -0.2) is 0 Å². The molecule has 1 heterocycles. The van der Waals surface area contributed by atoms with Gasteiger partial charge in [0.05, 0.1) is 6.04 Å². The van der Waals surface area contributed by atoms with Crippen molar-refractivity contribution in [3.05, 3.63) is 82.9 Å². The van der Waals surface area contributed by atoms with Crippen LogP contribution in [0.25, 0.3) is 10.8 Å². The Bertz CT molecular complexity index is 849. The molecular weight excluding hydrogens is 278 g/mol. The molecule has 1 nitrogen and oxygen atoms in total. The van der Waals surface area contributed by atoms with E-state index in [0.29, 0.717) is 6.04 Å². The maximum atomic E-state index is 2.62. The van der Waals surface area contributed by atoms with Crippen molar-refractivity contribution in [3.63, 3.8) is 0 Å². The van der Waals surface area contributed by atoms with Crippen LogP contribution in [0.2, 0.25) is 0 Å². The molecule has 1 aliphatic heterocycles. The highest BCUT2D eigenvalue weighted by Gasteiger charge is 2.29. The van der Waals surface area contributed by atoms with Crippen molar-refractivity contribution in [2.75, 3.05) is 13.1 Å². The Labute approximate surface area is 138 Å². The molecule has 116 valence electrons. The monoisotopic (exact) mass is 301 g/mol. The lowest BCUT2D eigenvalue weighted by Crippen LogP contribution is -2.36. The predicted octanol–water partition coefficient (Wildman–Crippen LogP) is 5.12. The van der Waals surface area contributed by atoms with E-state index in [2.05, 4.69) is 79.4 Å². The number of hydrogen-bond acceptors (Lipinski definition) is 1. The molecule has 3 aromatic rings. The van der Waals surface area contributed by atoms with Crippen molar-refractivity contribution in [1.29, 1.82) is 0 Å². The number of fused-ring (bicyclic) bond motifs is 2. The van der Waals surface area contributed by atoms with Gasteiger partial charge in [-0.05, 0) is 52.9 Å². The number of rotatable bonds is 2. The van der Waals surface area contributed by atoms with E-state index in [9.17, 15) is 0 Å². The van der Waals surface area contributed by atoms with Gasteiger partial charge < -0.3 is 0 Å². The second kappa shape index (κ2) is 5.82. The third-order valence-corrected chi connectivity index (χ3v) is 5.25. The Hall–Kier alpha value is -2.12. The van der Waals surface area contributed by atoms with Crippen molar-refractivity contribution < 1.29 is 0 Å². The second-order valence-corrected chi connectivity index (χ2v) is 6.50. The molecule has 0 bridgehead atoms. The van der Waals surface area contributed by atoms with Gasteiger partial charge in [0.1, 0.15) is 0 Å². The van der Waals surface area contributed by atoms with Crippen LogP contribution in [-0.4, -0.2) is 18.0 Å². The molecule has 0 fully saturated rings. The van der Waals surface area contributed by atoms with Crippen LogP contribution in [0.4, 0.5) is 0 Å². The quantitative estimate of drug-likeness (QED) is 0.635. The molecule has 1 aliphatic rings. The van der Waals surface area contributed by atoms with E-state index in [0.717, 1.165) is 19.5 Å². The van der Waals surface area contributed by atoms with Gasteiger partial charge >= 0.3 is 0 Å². The van der Waals surface area contributed by atoms with E-state index >= 15 is 0 Å². The maximum Gasteiger partial charge on any atom is 0.0613 e. The molecule has 0 aromatic heterocycles. The van der Waals surface area contributed by atoms with Gasteiger partial charge in [0, 0.05) is 6.54 Å². The lowest BCUT2D eigenvalue weighted by atomic mass is 9.84. The molecule has 1 atom stereocenters. The van der Waals surface area contributed by atoms with Crippen LogP contribution in [0.3, 0.4) is 0 Å². The number of benzene rings is 3. The van der Waals surface area contributed by atoms with Crippen LogP contribution in [-0.2, 0) is 6.42 Å². The number of hydrogen-bond donors (Lipinski definition) is 0. The van der Waals surface area contributed by atoms with Crippen LogP contribution in [0.1, 0.15) is 35.2 Å². The highest BCUT2D eigenvalue weighted by molar-refractivity contribution is 5.87. The molecule has 4 rings (SSSR count). The van der Waals surface area contributed by atoms with Crippen LogP contribution >= 0.6 is 0 Å². The molecule has 0 N–H and O–H groups in total. The number of nitrogens with zero attached hydrogens (tertiary/aromatic N) is 1. The van der Waals surface area contributed by atoms with Gasteiger partial charge in [0.15, 0.2) is 0 Å². The van der Waals surface area contributed by atoms with Gasteiger partial charge in [0.25, 0.3) is 0 Å². The smallest absolute Gasteiger partial charge is 0.0613 e. The molecule has 0 radical (unpaired) electrons. The number of aryl methyl sites for hydroxylation is 1. The molecule has 1 unspecified atom stereocenters. The summed E-state index contributed by atoms with van der Waals surface area (Å²) in [4.78, 5) is 2.62. The Morgan fingerprint density at radius 3 is 2.61 bits per heavy atom. The molecule has 1 heteroatoms. The summed E-state index contributed by atoms with van der Waals surface area (Å²) in [5.41, 5.74) is 5.87. The average molecular weight is 301 g/mol. The van der Waals surface area contributed by atoms with E-state index in [-0.39, 0.29) is 0 Å². The molecular formula is C22H23N. The second-order valence-electron chi connectivity index (χ2n) is 6.50. The molecule has 0 spiro atoms. The fourth-order valence-corrected chi connectivity index (χ4v) is 4.06. The zero-order valence-corrected chi connectivity index (χ0v) is 13.9. The van der Waals surface area contributed by atoms with E-state index in [1.807, 2.05) is 0 Å². The van der Waals surface area contributed by atoms with Crippen LogP contribution < -0.4 is 0 Å². The van der Waals surface area contributed by atoms with Gasteiger partial charge in [-0.15, -0.1) is 0 Å². The van der Waals surface area contributed by atoms with Crippen molar-refractivity contribution in [2.24, 2.45) is 0 Å². The van der Waals surface area contributed by atoms with E-state index in [4.69, 9.17) is 0 Å². The van der Waals surface area contributed by atoms with Crippen molar-refractivity contribution >= 4 is 10.8 Å². The topological polar surface area (TPSA) is 3.24 Å². The Balaban J connectivity index is 2.00. The minimum absolute atomic E-state index is 0.371. The fraction of sp³-hybridized carbons (Fsp3) is 0.273. The lowest BCUT2D eigenvalue weighted by molar-refractivity contribution is 0.226. The largest absolute Gasteiger partial charge is 0.292 e. The maximum absolute atomic E-state index is 2.62. The summed E-state index contributed by atoms with van der Waals surface area (Å²) in [7, 11) is 0. The number of likely N-dealkylation sites (N-methyl/N-ethyl adjacent to an activating group) is 1. The fourth-order valence-electron chi connectivity index (χ4n) is 4.06. The van der Waals surface area contributed by atoms with E-state index < -0.39 is 0 Å². The van der Waals surface area contributed by atoms with Gasteiger partial charge in [-0.1, -0.05) is 67.6 Å². The highest BCUT2D eigenvalue weighted by Crippen LogP contribution is 2.39. The van der Waals surface area contributed by atoms with Gasteiger partial charge in [-0.3, -0.25) is 4.90 Å². The minimum Gasteiger partial charge on any atom is -0.292 e. The first-order valence-corrected chi connectivity index (χ1v) is 8.59. The summed E-state index contributed by atoms with van der Waals surface area (Å²) >= 11 is 0. The summed E-state index contributed by atoms with van der Waals surface area (Å²) < 4.78 is 0. The average Bonchev–Trinajstić information content (AvgIpc) is 2.61. The Morgan fingerprint density at radius 1 is 0.957 bits per heavy atom. The normalized spacial score (nSPS) is 18.1. The zero-order chi connectivity index (χ0) is 15.8. The summed E-state index contributed by atoms with van der Waals surface area (Å²) in [6.45, 7) is 6.76. The molecule has 0 amide bonds. The first kappa shape index (κ1) is 14.5. The summed E-state index contributed by atoms with van der Waals surface area (Å²) in [5.74, 6) is 0. The van der Waals surface area contributed by atoms with Crippen molar-refractivity contribution in [2.45, 2.75) is 26.3 Å². The van der Waals surface area contributed by atoms with Gasteiger partial charge in [-0.2, -0.15) is 0 Å². The first-order chi connectivity index (χ1) is 11.3. The minimum atomic E-state index is 0.371. The van der Waals surface area contributed by atoms with Crippen molar-refractivity contribution in [3.8, 4) is 0 Å². The van der Waals surface area contributed by atoms with Gasteiger partial charge in [0.2, 0.25) is 0 Å². The van der Waals surface area contributed by atoms with E-state index in [1.54, 1.807) is 0 Å². The van der Waals surface area contributed by atoms with Crippen LogP contribution in [0.5, 0.6) is 0 Å². The molecule has 0 aliphatic carbocycles. The molecule has 0 saturated carbocycles. The van der Waals surface area contributed by atoms with E-state index in [1.165, 1.54) is 33.0 Å². The molecule has 0 saturated heterocycles. The van der Waals surface area contributed by atoms with Crippen LogP contribution in [0.15, 0.2) is 60.7 Å². The highest BCUT2D eigenvalue weighted by atomic mass is 15.2. The van der Waals surface area contributed by atoms with Crippen molar-refractivity contribution in [1.82, 2.24) is 4.90 Å². The summed E-state index contributed by atoms with van der Waals surface area (Å²) in [6.07, 6.45) is 1.16. The zero-order valence-electron chi connectivity index (χ0n) is 13.9. The summed E-state index contributed by atoms with van der Waals surface area (Å²) in [6, 6.07) is 22.7. The lowest BCUT2D eigenvalue weighted by Gasteiger charge is -2.38. The molecule has 23 heavy (non-hydrogen) atoms. The first-order valence-electron chi connectivity index (χ1n) is 8.59. The summed E-state index contributed by atoms with van der Waals surface area (Å²) in [5, 5.41) is 2.74. The standard InChI is InChI=1S/C22H23N/c1-3-23-15-14-18-9-5-7-11-20(18)22(23)21-16(2)12-13-17-8-4-6-10-19(17)21/h4-13,22H,3,14-15H2,1-2H3. The van der Waals surface area contributed by atoms with Crippen LogP contribution in [0, 0.1) is 6.92 Å². The molecule has 3 aromatic carbocycles. The predicted molar refractivity (Wildman–Crippen MR) is 97.9 cm³/mol.